The molecule has 0 radical (unpaired) electrons. The Morgan fingerprint density at radius 2 is 1.52 bits per heavy atom. The van der Waals surface area contributed by atoms with Crippen molar-refractivity contribution in [1.82, 2.24) is 14.7 Å². The van der Waals surface area contributed by atoms with E-state index in [1.165, 1.54) is 12.1 Å². The van der Waals surface area contributed by atoms with Crippen molar-refractivity contribution in [2.45, 2.75) is 4.90 Å². The molecule has 33 heavy (non-hydrogen) atoms. The first-order valence-electron chi connectivity index (χ1n) is 11.0. The van der Waals surface area contributed by atoms with Crippen molar-refractivity contribution in [1.29, 1.82) is 0 Å². The molecule has 2 heterocycles. The fourth-order valence-electron chi connectivity index (χ4n) is 3.92. The molecule has 2 aliphatic heterocycles. The number of carbonyl (C=O) groups excluding carboxylic acids is 2. The van der Waals surface area contributed by atoms with Gasteiger partial charge in [-0.05, 0) is 30.3 Å². The van der Waals surface area contributed by atoms with Crippen LogP contribution in [0.15, 0.2) is 59.5 Å². The number of carbonyl (C=O) groups is 2. The normalized spacial score (nSPS) is 17.6. The lowest BCUT2D eigenvalue weighted by atomic mass is 10.1. The minimum absolute atomic E-state index is 0.0707. The molecule has 2 aliphatic rings. The molecule has 176 valence electrons. The number of anilines is 1. The monoisotopic (exact) mass is 472 g/mol. The largest absolute Gasteiger partial charge is 0.379 e. The molecule has 2 amide bonds. The van der Waals surface area contributed by atoms with Crippen LogP contribution in [0, 0.1) is 0 Å². The van der Waals surface area contributed by atoms with Crippen molar-refractivity contribution >= 4 is 27.5 Å². The summed E-state index contributed by atoms with van der Waals surface area (Å²) in [4.78, 5) is 31.3. The molecule has 0 saturated carbocycles. The third-order valence-electron chi connectivity index (χ3n) is 5.80. The Bertz CT molecular complexity index is 1080. The van der Waals surface area contributed by atoms with Crippen LogP contribution in [-0.4, -0.2) is 94.0 Å². The summed E-state index contributed by atoms with van der Waals surface area (Å²) >= 11 is 0. The molecule has 2 fully saturated rings. The predicted octanol–water partition coefficient (Wildman–Crippen LogP) is 1.10. The third kappa shape index (κ3) is 5.89. The topological polar surface area (TPSA) is 99.3 Å². The van der Waals surface area contributed by atoms with Crippen LogP contribution in [0.3, 0.4) is 0 Å². The maximum atomic E-state index is 13.0. The summed E-state index contributed by atoms with van der Waals surface area (Å²) in [5, 5.41) is 0. The summed E-state index contributed by atoms with van der Waals surface area (Å²) in [5.74, 6) is -0.114. The molecule has 0 atom stereocenters. The summed E-state index contributed by atoms with van der Waals surface area (Å²) in [6.45, 7) is 5.03. The van der Waals surface area contributed by atoms with Crippen molar-refractivity contribution in [2.75, 3.05) is 63.7 Å². The van der Waals surface area contributed by atoms with E-state index in [2.05, 4.69) is 9.62 Å². The maximum Gasteiger partial charge on any atom is 0.261 e. The molecule has 0 bridgehead atoms. The van der Waals surface area contributed by atoms with E-state index in [1.807, 2.05) is 0 Å². The number of amides is 2. The minimum atomic E-state index is -3.74. The van der Waals surface area contributed by atoms with Gasteiger partial charge in [-0.25, -0.2) is 8.42 Å². The quantitative estimate of drug-likeness (QED) is 0.676. The van der Waals surface area contributed by atoms with Crippen LogP contribution in [0.5, 0.6) is 0 Å². The lowest BCUT2D eigenvalue weighted by molar-refractivity contribution is -0.134. The van der Waals surface area contributed by atoms with E-state index in [9.17, 15) is 18.0 Å². The van der Waals surface area contributed by atoms with Crippen LogP contribution in [0.4, 0.5) is 5.69 Å². The Labute approximate surface area is 194 Å². The second-order valence-corrected chi connectivity index (χ2v) is 9.74. The molecule has 0 spiro atoms. The SMILES string of the molecule is O=C(CN1CCOCC1)N1CCN(C(=O)c2cccc(NS(=O)(=O)c3ccccc3)c2)CC1. The second kappa shape index (κ2) is 10.3. The number of piperazine rings is 1. The lowest BCUT2D eigenvalue weighted by Crippen LogP contribution is -2.53. The number of morpholine rings is 1. The lowest BCUT2D eigenvalue weighted by Gasteiger charge is -2.36. The van der Waals surface area contributed by atoms with Gasteiger partial charge < -0.3 is 14.5 Å². The number of rotatable bonds is 6. The molecule has 2 aromatic rings. The average molecular weight is 473 g/mol. The standard InChI is InChI=1S/C23H28N4O5S/c28-22(18-25-13-15-32-16-14-25)26-9-11-27(12-10-26)23(29)19-5-4-6-20(17-19)24-33(30,31)21-7-2-1-3-8-21/h1-8,17,24H,9-16,18H2. The number of ether oxygens (including phenoxy) is 1. The zero-order chi connectivity index (χ0) is 23.3. The van der Waals surface area contributed by atoms with Gasteiger partial charge in [0.2, 0.25) is 5.91 Å². The van der Waals surface area contributed by atoms with Gasteiger partial charge in [-0.15, -0.1) is 0 Å². The first kappa shape index (κ1) is 23.2. The average Bonchev–Trinajstić information content (AvgIpc) is 2.85. The fraction of sp³-hybridized carbons (Fsp3) is 0.391. The number of sulfonamides is 1. The van der Waals surface area contributed by atoms with E-state index in [-0.39, 0.29) is 16.7 Å². The maximum absolute atomic E-state index is 13.0. The number of nitrogens with zero attached hydrogens (tertiary/aromatic N) is 3. The Hall–Kier alpha value is -2.95. The van der Waals surface area contributed by atoms with E-state index in [0.717, 1.165) is 13.1 Å². The molecular weight excluding hydrogens is 444 g/mol. The Morgan fingerprint density at radius 3 is 2.21 bits per heavy atom. The summed E-state index contributed by atoms with van der Waals surface area (Å²) in [5.41, 5.74) is 0.723. The van der Waals surface area contributed by atoms with Crippen LogP contribution in [0.2, 0.25) is 0 Å². The summed E-state index contributed by atoms with van der Waals surface area (Å²) < 4.78 is 33.0. The summed E-state index contributed by atoms with van der Waals surface area (Å²) in [6.07, 6.45) is 0. The van der Waals surface area contributed by atoms with Crippen LogP contribution in [0.25, 0.3) is 0 Å². The third-order valence-corrected chi connectivity index (χ3v) is 7.19. The molecule has 4 rings (SSSR count). The van der Waals surface area contributed by atoms with Gasteiger partial charge in [-0.1, -0.05) is 24.3 Å². The molecule has 0 aliphatic carbocycles. The number of benzene rings is 2. The van der Waals surface area contributed by atoms with Gasteiger partial charge in [0, 0.05) is 50.5 Å². The minimum Gasteiger partial charge on any atom is -0.379 e. The van der Waals surface area contributed by atoms with Gasteiger partial charge >= 0.3 is 0 Å². The van der Waals surface area contributed by atoms with Crippen LogP contribution < -0.4 is 4.72 Å². The summed E-state index contributed by atoms with van der Waals surface area (Å²) in [6, 6.07) is 14.5. The highest BCUT2D eigenvalue weighted by Gasteiger charge is 2.26. The molecular formula is C23H28N4O5S. The van der Waals surface area contributed by atoms with Crippen LogP contribution in [-0.2, 0) is 19.6 Å². The Morgan fingerprint density at radius 1 is 0.848 bits per heavy atom. The van der Waals surface area contributed by atoms with Gasteiger partial charge in [0.1, 0.15) is 0 Å². The number of hydrogen-bond acceptors (Lipinski definition) is 6. The first-order valence-corrected chi connectivity index (χ1v) is 12.5. The van der Waals surface area contributed by atoms with Crippen molar-refractivity contribution in [2.24, 2.45) is 0 Å². The molecule has 10 heteroatoms. The van der Waals surface area contributed by atoms with Gasteiger partial charge in [-0.2, -0.15) is 0 Å². The zero-order valence-corrected chi connectivity index (χ0v) is 19.2. The van der Waals surface area contributed by atoms with E-state index >= 15 is 0 Å². The first-order chi connectivity index (χ1) is 15.9. The van der Waals surface area contributed by atoms with Gasteiger partial charge in [0.05, 0.1) is 24.7 Å². The Kier molecular flexibility index (Phi) is 7.26. The second-order valence-electron chi connectivity index (χ2n) is 8.06. The highest BCUT2D eigenvalue weighted by Crippen LogP contribution is 2.18. The highest BCUT2D eigenvalue weighted by atomic mass is 32.2. The van der Waals surface area contributed by atoms with Crippen LogP contribution in [0.1, 0.15) is 10.4 Å². The summed E-state index contributed by atoms with van der Waals surface area (Å²) in [7, 11) is -3.74. The molecule has 0 aromatic heterocycles. The number of nitrogens with one attached hydrogen (secondary N) is 1. The molecule has 1 N–H and O–H groups in total. The van der Waals surface area contributed by atoms with E-state index in [1.54, 1.807) is 52.3 Å². The smallest absolute Gasteiger partial charge is 0.261 e. The van der Waals surface area contributed by atoms with E-state index in [4.69, 9.17) is 4.74 Å². The van der Waals surface area contributed by atoms with Crippen molar-refractivity contribution in [3.05, 3.63) is 60.2 Å². The molecule has 9 nitrogen and oxygen atoms in total. The molecule has 2 saturated heterocycles. The van der Waals surface area contributed by atoms with Crippen molar-refractivity contribution in [3.63, 3.8) is 0 Å². The van der Waals surface area contributed by atoms with Gasteiger partial charge in [0.25, 0.3) is 15.9 Å². The Balaban J connectivity index is 1.34. The number of hydrogen-bond donors (Lipinski definition) is 1. The van der Waals surface area contributed by atoms with Crippen LogP contribution >= 0.6 is 0 Å². The van der Waals surface area contributed by atoms with Gasteiger partial charge in [-0.3, -0.25) is 19.2 Å². The molecule has 2 aromatic carbocycles. The van der Waals surface area contributed by atoms with E-state index in [0.29, 0.717) is 57.2 Å². The van der Waals surface area contributed by atoms with Gasteiger partial charge in [0.15, 0.2) is 0 Å². The molecule has 0 unspecified atom stereocenters. The predicted molar refractivity (Wildman–Crippen MR) is 123 cm³/mol. The van der Waals surface area contributed by atoms with Crippen molar-refractivity contribution in [3.8, 4) is 0 Å². The van der Waals surface area contributed by atoms with E-state index < -0.39 is 10.0 Å². The van der Waals surface area contributed by atoms with Crippen molar-refractivity contribution < 1.29 is 22.7 Å². The fourth-order valence-corrected chi connectivity index (χ4v) is 4.99. The zero-order valence-electron chi connectivity index (χ0n) is 18.4. The highest BCUT2D eigenvalue weighted by molar-refractivity contribution is 7.92.